The van der Waals surface area contributed by atoms with Crippen LogP contribution in [0.15, 0.2) is 59.5 Å². The highest BCUT2D eigenvalue weighted by Crippen LogP contribution is 2.32. The maximum absolute atomic E-state index is 12.5. The minimum Gasteiger partial charge on any atom is -0.166 e. The average molecular weight is 268 g/mol. The van der Waals surface area contributed by atoms with E-state index in [1.165, 1.54) is 23.9 Å². The normalized spacial score (nSPS) is 11.5. The molecule has 0 aromatic heterocycles. The van der Waals surface area contributed by atoms with Crippen LogP contribution in [0.5, 0.6) is 0 Å². The van der Waals surface area contributed by atoms with Gasteiger partial charge in [-0.05, 0) is 23.8 Å². The van der Waals surface area contributed by atoms with Gasteiger partial charge in [0.25, 0.3) is 0 Å². The van der Waals surface area contributed by atoms with E-state index in [0.29, 0.717) is 10.6 Å². The van der Waals surface area contributed by atoms with Crippen LogP contribution in [0.1, 0.15) is 11.1 Å². The van der Waals surface area contributed by atoms with Gasteiger partial charge in [0.05, 0.1) is 5.56 Å². The lowest BCUT2D eigenvalue weighted by molar-refractivity contribution is -0.137. The van der Waals surface area contributed by atoms with Gasteiger partial charge in [-0.1, -0.05) is 36.4 Å². The fourth-order valence-electron chi connectivity index (χ4n) is 1.50. The minimum absolute atomic E-state index is 0.597. The summed E-state index contributed by atoms with van der Waals surface area (Å²) in [6, 6.07) is 15.1. The zero-order chi connectivity index (χ0) is 13.0. The lowest BCUT2D eigenvalue weighted by Gasteiger charge is -2.08. The van der Waals surface area contributed by atoms with Crippen LogP contribution in [-0.4, -0.2) is 0 Å². The van der Waals surface area contributed by atoms with Gasteiger partial charge in [-0.2, -0.15) is 13.2 Å². The molecule has 0 nitrogen and oxygen atoms in total. The van der Waals surface area contributed by atoms with Crippen molar-refractivity contribution in [3.63, 3.8) is 0 Å². The molecule has 0 aliphatic heterocycles. The van der Waals surface area contributed by atoms with Gasteiger partial charge in [-0.15, -0.1) is 11.8 Å². The van der Waals surface area contributed by atoms with Crippen LogP contribution in [0.3, 0.4) is 0 Å². The summed E-state index contributed by atoms with van der Waals surface area (Å²) in [5, 5.41) is 0. The predicted octanol–water partition coefficient (Wildman–Crippen LogP) is 5.00. The summed E-state index contributed by atoms with van der Waals surface area (Å²) in [4.78, 5) is 0.633. The van der Waals surface area contributed by atoms with Crippen LogP contribution in [0.4, 0.5) is 13.2 Å². The second-order valence-corrected chi connectivity index (χ2v) is 4.85. The molecule has 2 rings (SSSR count). The summed E-state index contributed by atoms with van der Waals surface area (Å²) >= 11 is 1.40. The van der Waals surface area contributed by atoms with E-state index in [1.807, 2.05) is 30.3 Å². The van der Waals surface area contributed by atoms with Gasteiger partial charge in [0.2, 0.25) is 0 Å². The maximum atomic E-state index is 12.5. The van der Waals surface area contributed by atoms with Crippen molar-refractivity contribution in [1.29, 1.82) is 0 Å². The molecule has 0 spiro atoms. The Morgan fingerprint density at radius 2 is 1.61 bits per heavy atom. The summed E-state index contributed by atoms with van der Waals surface area (Å²) < 4.78 is 37.6. The molecule has 0 fully saturated rings. The van der Waals surface area contributed by atoms with E-state index in [2.05, 4.69) is 0 Å². The summed E-state index contributed by atoms with van der Waals surface area (Å²) in [7, 11) is 0. The molecule has 0 saturated heterocycles. The van der Waals surface area contributed by atoms with Gasteiger partial charge >= 0.3 is 6.18 Å². The van der Waals surface area contributed by atoms with Gasteiger partial charge in [-0.25, -0.2) is 0 Å². The van der Waals surface area contributed by atoms with E-state index >= 15 is 0 Å². The molecule has 2 aromatic rings. The topological polar surface area (TPSA) is 0 Å². The molecule has 0 aliphatic rings. The number of rotatable bonds is 3. The lowest BCUT2D eigenvalue weighted by atomic mass is 10.2. The zero-order valence-electron chi connectivity index (χ0n) is 9.45. The molecular formula is C14H11F3S. The third-order valence-electron chi connectivity index (χ3n) is 2.41. The number of hydrogen-bond acceptors (Lipinski definition) is 1. The summed E-state index contributed by atoms with van der Waals surface area (Å²) in [5.41, 5.74) is 0.500. The molecule has 2 aromatic carbocycles. The van der Waals surface area contributed by atoms with Crippen molar-refractivity contribution < 1.29 is 13.2 Å². The molecule has 0 aliphatic carbocycles. The highest BCUT2D eigenvalue weighted by atomic mass is 32.2. The number of halogens is 3. The van der Waals surface area contributed by atoms with E-state index in [-0.39, 0.29) is 0 Å². The van der Waals surface area contributed by atoms with Crippen LogP contribution in [-0.2, 0) is 11.9 Å². The van der Waals surface area contributed by atoms with Gasteiger partial charge < -0.3 is 0 Å². The SMILES string of the molecule is FC(F)(F)c1cccc(SCc2ccccc2)c1. The van der Waals surface area contributed by atoms with E-state index in [9.17, 15) is 13.2 Å². The van der Waals surface area contributed by atoms with Crippen LogP contribution >= 0.6 is 11.8 Å². The van der Waals surface area contributed by atoms with Crippen molar-refractivity contribution in [2.75, 3.05) is 0 Å². The smallest absolute Gasteiger partial charge is 0.166 e. The Labute approximate surface area is 108 Å². The van der Waals surface area contributed by atoms with Crippen LogP contribution in [0.2, 0.25) is 0 Å². The Bertz CT molecular complexity index is 506. The maximum Gasteiger partial charge on any atom is 0.416 e. The van der Waals surface area contributed by atoms with Gasteiger partial charge in [0, 0.05) is 10.6 Å². The molecule has 4 heteroatoms. The quantitative estimate of drug-likeness (QED) is 0.706. The average Bonchev–Trinajstić information content (AvgIpc) is 2.37. The standard InChI is InChI=1S/C14H11F3S/c15-14(16,17)12-7-4-8-13(9-12)18-10-11-5-2-1-3-6-11/h1-9H,10H2. The van der Waals surface area contributed by atoms with Crippen molar-refractivity contribution in [1.82, 2.24) is 0 Å². The Hall–Kier alpha value is -1.42. The first-order valence-electron chi connectivity index (χ1n) is 5.40. The van der Waals surface area contributed by atoms with Gasteiger partial charge in [0.1, 0.15) is 0 Å². The van der Waals surface area contributed by atoms with Gasteiger partial charge in [0.15, 0.2) is 0 Å². The first-order chi connectivity index (χ1) is 8.55. The highest BCUT2D eigenvalue weighted by molar-refractivity contribution is 7.98. The molecule has 0 bridgehead atoms. The number of alkyl halides is 3. The van der Waals surface area contributed by atoms with E-state index in [1.54, 1.807) is 6.07 Å². The monoisotopic (exact) mass is 268 g/mol. The molecular weight excluding hydrogens is 257 g/mol. The third-order valence-corrected chi connectivity index (χ3v) is 3.47. The van der Waals surface area contributed by atoms with Crippen LogP contribution in [0.25, 0.3) is 0 Å². The Morgan fingerprint density at radius 1 is 0.889 bits per heavy atom. The third kappa shape index (κ3) is 3.53. The second kappa shape index (κ2) is 5.48. The molecule has 94 valence electrons. The predicted molar refractivity (Wildman–Crippen MR) is 67.4 cm³/mol. The molecule has 18 heavy (non-hydrogen) atoms. The van der Waals surface area contributed by atoms with E-state index in [0.717, 1.165) is 11.6 Å². The first kappa shape index (κ1) is 13.0. The highest BCUT2D eigenvalue weighted by Gasteiger charge is 2.30. The van der Waals surface area contributed by atoms with Crippen molar-refractivity contribution in [2.45, 2.75) is 16.8 Å². The molecule has 0 radical (unpaired) electrons. The summed E-state index contributed by atoms with van der Waals surface area (Å²) in [6.45, 7) is 0. The van der Waals surface area contributed by atoms with E-state index < -0.39 is 11.7 Å². The van der Waals surface area contributed by atoms with Gasteiger partial charge in [-0.3, -0.25) is 0 Å². The molecule has 0 unspecified atom stereocenters. The largest absolute Gasteiger partial charge is 0.416 e. The Balaban J connectivity index is 2.06. The van der Waals surface area contributed by atoms with E-state index in [4.69, 9.17) is 0 Å². The number of thioether (sulfide) groups is 1. The molecule has 0 amide bonds. The zero-order valence-corrected chi connectivity index (χ0v) is 10.3. The molecule has 0 saturated carbocycles. The fourth-order valence-corrected chi connectivity index (χ4v) is 2.41. The first-order valence-corrected chi connectivity index (χ1v) is 6.38. The minimum atomic E-state index is -4.27. The van der Waals surface area contributed by atoms with Crippen LogP contribution in [0, 0.1) is 0 Å². The van der Waals surface area contributed by atoms with Crippen molar-refractivity contribution in [3.8, 4) is 0 Å². The lowest BCUT2D eigenvalue weighted by Crippen LogP contribution is -2.04. The summed E-state index contributed by atoms with van der Waals surface area (Å²) in [6.07, 6.45) is -4.27. The van der Waals surface area contributed by atoms with Crippen molar-refractivity contribution >= 4 is 11.8 Å². The van der Waals surface area contributed by atoms with Crippen molar-refractivity contribution in [3.05, 3.63) is 65.7 Å². The number of hydrogen-bond donors (Lipinski definition) is 0. The molecule has 0 heterocycles. The number of benzene rings is 2. The molecule has 0 atom stereocenters. The Kier molecular flexibility index (Phi) is 3.97. The molecule has 0 N–H and O–H groups in total. The van der Waals surface area contributed by atoms with Crippen molar-refractivity contribution in [2.24, 2.45) is 0 Å². The fraction of sp³-hybridized carbons (Fsp3) is 0.143. The summed E-state index contributed by atoms with van der Waals surface area (Å²) in [5.74, 6) is 0.669. The second-order valence-electron chi connectivity index (χ2n) is 3.80. The Morgan fingerprint density at radius 3 is 2.28 bits per heavy atom. The van der Waals surface area contributed by atoms with Crippen LogP contribution < -0.4 is 0 Å².